The van der Waals surface area contributed by atoms with Crippen LogP contribution in [0.4, 0.5) is 0 Å². The topological polar surface area (TPSA) is 76.0 Å². The number of nitrogens with zero attached hydrogens (tertiary/aromatic N) is 4. The average Bonchev–Trinajstić information content (AvgIpc) is 3.04. The van der Waals surface area contributed by atoms with E-state index in [0.29, 0.717) is 25.3 Å². The van der Waals surface area contributed by atoms with Gasteiger partial charge in [-0.05, 0) is 13.8 Å². The van der Waals surface area contributed by atoms with Gasteiger partial charge in [-0.3, -0.25) is 9.48 Å². The smallest absolute Gasteiger partial charge is 0.257 e. The second-order valence-electron chi connectivity index (χ2n) is 5.36. The second-order valence-corrected chi connectivity index (χ2v) is 5.36. The molecule has 112 valence electrons. The van der Waals surface area contributed by atoms with Gasteiger partial charge in [-0.15, -0.1) is 0 Å². The fourth-order valence-electron chi connectivity index (χ4n) is 2.58. The number of imidazole rings is 1. The number of morpholine rings is 1. The number of hydrogen-bond donors (Lipinski definition) is 1. The number of aromatic nitrogens is 4. The molecule has 1 N–H and O–H groups in total. The highest BCUT2D eigenvalue weighted by atomic mass is 16.5. The maximum absolute atomic E-state index is 12.6. The number of nitrogens with one attached hydrogen (secondary N) is 1. The number of amides is 1. The van der Waals surface area contributed by atoms with Gasteiger partial charge < -0.3 is 14.6 Å². The van der Waals surface area contributed by atoms with Crippen LogP contribution in [-0.4, -0.2) is 50.3 Å². The lowest BCUT2D eigenvalue weighted by Gasteiger charge is -2.32. The van der Waals surface area contributed by atoms with Crippen LogP contribution in [0.3, 0.4) is 0 Å². The summed E-state index contributed by atoms with van der Waals surface area (Å²) in [6, 6.07) is 0. The molecule has 0 spiro atoms. The molecule has 1 fully saturated rings. The molecule has 7 nitrogen and oxygen atoms in total. The number of carbonyl (C=O) groups excluding carboxylic acids is 1. The highest BCUT2D eigenvalue weighted by Gasteiger charge is 2.29. The number of hydrogen-bond acceptors (Lipinski definition) is 4. The van der Waals surface area contributed by atoms with Gasteiger partial charge in [-0.25, -0.2) is 4.98 Å². The predicted molar refractivity (Wildman–Crippen MR) is 75.9 cm³/mol. The standard InChI is InChI=1S/C14H19N5O2/c1-9-6-15-13(16-9)12-8-19(4-5-21-12)14(20)11-7-18(3)17-10(11)2/h6-7,12H,4-5,8H2,1-3H3,(H,15,16)/t12-/m0/s1. The molecule has 1 amide bonds. The third-order valence-electron chi connectivity index (χ3n) is 3.63. The Morgan fingerprint density at radius 1 is 1.48 bits per heavy atom. The lowest BCUT2D eigenvalue weighted by Crippen LogP contribution is -2.42. The van der Waals surface area contributed by atoms with Crippen LogP contribution in [0.5, 0.6) is 0 Å². The summed E-state index contributed by atoms with van der Waals surface area (Å²) in [6.07, 6.45) is 3.33. The molecule has 0 unspecified atom stereocenters. The minimum atomic E-state index is -0.201. The third-order valence-corrected chi connectivity index (χ3v) is 3.63. The van der Waals surface area contributed by atoms with E-state index in [-0.39, 0.29) is 12.0 Å². The zero-order chi connectivity index (χ0) is 15.0. The van der Waals surface area contributed by atoms with Gasteiger partial charge in [0.05, 0.1) is 24.4 Å². The second kappa shape index (κ2) is 5.33. The van der Waals surface area contributed by atoms with Crippen molar-refractivity contribution in [3.8, 4) is 0 Å². The van der Waals surface area contributed by atoms with Crippen molar-refractivity contribution >= 4 is 5.91 Å². The molecule has 3 heterocycles. The minimum absolute atomic E-state index is 0.00261. The van der Waals surface area contributed by atoms with Crippen molar-refractivity contribution in [1.29, 1.82) is 0 Å². The van der Waals surface area contributed by atoms with Crippen LogP contribution in [0.1, 0.15) is 33.7 Å². The Bertz CT molecular complexity index is 660. The number of ether oxygens (including phenoxy) is 1. The first kappa shape index (κ1) is 13.8. The van der Waals surface area contributed by atoms with Crippen LogP contribution >= 0.6 is 0 Å². The summed E-state index contributed by atoms with van der Waals surface area (Å²) < 4.78 is 7.38. The molecule has 0 aliphatic carbocycles. The Balaban J connectivity index is 1.77. The van der Waals surface area contributed by atoms with E-state index in [1.807, 2.05) is 20.9 Å². The van der Waals surface area contributed by atoms with Crippen LogP contribution in [0.25, 0.3) is 0 Å². The molecule has 1 saturated heterocycles. The monoisotopic (exact) mass is 289 g/mol. The number of H-pyrrole nitrogens is 1. The fourth-order valence-corrected chi connectivity index (χ4v) is 2.58. The van der Waals surface area contributed by atoms with Crippen molar-refractivity contribution in [2.24, 2.45) is 7.05 Å². The summed E-state index contributed by atoms with van der Waals surface area (Å²) >= 11 is 0. The van der Waals surface area contributed by atoms with Crippen LogP contribution in [0.2, 0.25) is 0 Å². The molecule has 0 aromatic carbocycles. The van der Waals surface area contributed by atoms with Gasteiger partial charge >= 0.3 is 0 Å². The average molecular weight is 289 g/mol. The molecule has 0 saturated carbocycles. The first-order valence-corrected chi connectivity index (χ1v) is 6.97. The zero-order valence-corrected chi connectivity index (χ0v) is 12.5. The fraction of sp³-hybridized carbons (Fsp3) is 0.500. The van der Waals surface area contributed by atoms with E-state index in [9.17, 15) is 4.79 Å². The molecule has 2 aromatic rings. The molecule has 1 aliphatic rings. The highest BCUT2D eigenvalue weighted by molar-refractivity contribution is 5.95. The van der Waals surface area contributed by atoms with Gasteiger partial charge in [-0.1, -0.05) is 0 Å². The molecular weight excluding hydrogens is 270 g/mol. The van der Waals surface area contributed by atoms with Crippen LogP contribution < -0.4 is 0 Å². The summed E-state index contributed by atoms with van der Waals surface area (Å²) in [5.74, 6) is 0.769. The van der Waals surface area contributed by atoms with Gasteiger partial charge in [0.25, 0.3) is 5.91 Å². The van der Waals surface area contributed by atoms with E-state index < -0.39 is 0 Å². The number of rotatable bonds is 2. The van der Waals surface area contributed by atoms with Gasteiger partial charge in [0.1, 0.15) is 11.9 Å². The SMILES string of the molecule is Cc1cnc([C@@H]2CN(C(=O)c3cn(C)nc3C)CCO2)[nH]1. The Kier molecular flexibility index (Phi) is 3.50. The summed E-state index contributed by atoms with van der Waals surface area (Å²) in [5.41, 5.74) is 2.38. The summed E-state index contributed by atoms with van der Waals surface area (Å²) in [7, 11) is 1.82. The highest BCUT2D eigenvalue weighted by Crippen LogP contribution is 2.21. The van der Waals surface area contributed by atoms with E-state index in [0.717, 1.165) is 17.2 Å². The zero-order valence-electron chi connectivity index (χ0n) is 12.5. The largest absolute Gasteiger partial charge is 0.367 e. The summed E-state index contributed by atoms with van der Waals surface area (Å²) in [5, 5.41) is 4.23. The molecule has 0 bridgehead atoms. The van der Waals surface area contributed by atoms with Crippen molar-refractivity contribution in [3.63, 3.8) is 0 Å². The van der Waals surface area contributed by atoms with Crippen LogP contribution in [-0.2, 0) is 11.8 Å². The van der Waals surface area contributed by atoms with Crippen LogP contribution in [0, 0.1) is 13.8 Å². The van der Waals surface area contributed by atoms with Crippen molar-refractivity contribution in [1.82, 2.24) is 24.6 Å². The van der Waals surface area contributed by atoms with Gasteiger partial charge in [0.15, 0.2) is 0 Å². The van der Waals surface area contributed by atoms with E-state index >= 15 is 0 Å². The van der Waals surface area contributed by atoms with E-state index in [1.54, 1.807) is 22.0 Å². The normalized spacial score (nSPS) is 19.0. The summed E-state index contributed by atoms with van der Waals surface area (Å²) in [6.45, 7) is 5.39. The molecule has 7 heteroatoms. The molecule has 1 atom stereocenters. The Hall–Kier alpha value is -2.15. The lowest BCUT2D eigenvalue weighted by molar-refractivity contribution is -0.0265. The van der Waals surface area contributed by atoms with Crippen molar-refractivity contribution in [2.75, 3.05) is 19.7 Å². The maximum Gasteiger partial charge on any atom is 0.257 e. The lowest BCUT2D eigenvalue weighted by atomic mass is 10.2. The number of aromatic amines is 1. The molecule has 2 aromatic heterocycles. The van der Waals surface area contributed by atoms with Gasteiger partial charge in [0.2, 0.25) is 0 Å². The molecular formula is C14H19N5O2. The summed E-state index contributed by atoms with van der Waals surface area (Å²) in [4.78, 5) is 21.9. The van der Waals surface area contributed by atoms with Crippen molar-refractivity contribution < 1.29 is 9.53 Å². The minimum Gasteiger partial charge on any atom is -0.367 e. The predicted octanol–water partition coefficient (Wildman–Crippen LogP) is 0.974. The van der Waals surface area contributed by atoms with Gasteiger partial charge in [-0.2, -0.15) is 5.10 Å². The Morgan fingerprint density at radius 3 is 2.90 bits per heavy atom. The van der Waals surface area contributed by atoms with Crippen LogP contribution in [0.15, 0.2) is 12.4 Å². The number of aryl methyl sites for hydroxylation is 3. The Morgan fingerprint density at radius 2 is 2.29 bits per heavy atom. The first-order chi connectivity index (χ1) is 10.0. The maximum atomic E-state index is 12.6. The Labute approximate surface area is 122 Å². The molecule has 3 rings (SSSR count). The first-order valence-electron chi connectivity index (χ1n) is 6.97. The number of carbonyl (C=O) groups is 1. The third kappa shape index (κ3) is 2.69. The van der Waals surface area contributed by atoms with Crippen molar-refractivity contribution in [2.45, 2.75) is 20.0 Å². The molecule has 21 heavy (non-hydrogen) atoms. The van der Waals surface area contributed by atoms with Crippen molar-refractivity contribution in [3.05, 3.63) is 35.2 Å². The van der Waals surface area contributed by atoms with Gasteiger partial charge in [0, 0.05) is 31.7 Å². The molecule has 1 aliphatic heterocycles. The quantitative estimate of drug-likeness (QED) is 0.894. The molecule has 0 radical (unpaired) electrons. The van der Waals surface area contributed by atoms with E-state index in [4.69, 9.17) is 4.74 Å². The van der Waals surface area contributed by atoms with E-state index in [2.05, 4.69) is 15.1 Å². The van der Waals surface area contributed by atoms with E-state index in [1.165, 1.54) is 0 Å².